The Kier molecular flexibility index (Phi) is 3.35. The molecule has 0 aliphatic carbocycles. The average Bonchev–Trinajstić information content (AvgIpc) is 2.44. The van der Waals surface area contributed by atoms with Gasteiger partial charge in [-0.1, -0.05) is 40.2 Å². The van der Waals surface area contributed by atoms with Crippen molar-refractivity contribution in [2.24, 2.45) is 25.4 Å². The van der Waals surface area contributed by atoms with Gasteiger partial charge in [-0.15, -0.1) is 0 Å². The SMILES string of the molecule is CCCCC1=NC2=NC(C(C)(C)C)=NC3=CC=CC(=N1)N32. The molecule has 3 aliphatic rings. The zero-order valence-corrected chi connectivity index (χ0v) is 13.1. The lowest BCUT2D eigenvalue weighted by molar-refractivity contribution is 0.571. The Morgan fingerprint density at radius 3 is 2.62 bits per heavy atom. The number of allylic oxidation sites excluding steroid dienone is 2. The average molecular weight is 283 g/mol. The number of hydrogen-bond donors (Lipinski definition) is 0. The van der Waals surface area contributed by atoms with E-state index in [1.165, 1.54) is 0 Å². The van der Waals surface area contributed by atoms with Crippen LogP contribution in [0.3, 0.4) is 0 Å². The predicted octanol–water partition coefficient (Wildman–Crippen LogP) is 3.51. The first-order chi connectivity index (χ1) is 9.99. The molecule has 0 N–H and O–H groups in total. The first kappa shape index (κ1) is 13.9. The van der Waals surface area contributed by atoms with Crippen molar-refractivity contribution in [3.8, 4) is 0 Å². The largest absolute Gasteiger partial charge is 0.246 e. The van der Waals surface area contributed by atoms with Crippen molar-refractivity contribution < 1.29 is 0 Å². The van der Waals surface area contributed by atoms with E-state index in [0.29, 0.717) is 5.96 Å². The van der Waals surface area contributed by atoms with Gasteiger partial charge in [0.25, 0.3) is 0 Å². The fourth-order valence-electron chi connectivity index (χ4n) is 2.27. The molecule has 0 amide bonds. The maximum atomic E-state index is 4.67. The van der Waals surface area contributed by atoms with Gasteiger partial charge in [-0.25, -0.2) is 14.9 Å². The normalized spacial score (nSPS) is 20.2. The van der Waals surface area contributed by atoms with E-state index in [1.807, 2.05) is 23.1 Å². The summed E-state index contributed by atoms with van der Waals surface area (Å²) in [5.74, 6) is 4.09. The third-order valence-electron chi connectivity index (χ3n) is 3.47. The summed E-state index contributed by atoms with van der Waals surface area (Å²) in [7, 11) is 0. The summed E-state index contributed by atoms with van der Waals surface area (Å²) in [4.78, 5) is 20.5. The molecule has 0 spiro atoms. The zero-order chi connectivity index (χ0) is 15.0. The third-order valence-corrected chi connectivity index (χ3v) is 3.47. The van der Waals surface area contributed by atoms with Gasteiger partial charge in [0.1, 0.15) is 23.3 Å². The van der Waals surface area contributed by atoms with Gasteiger partial charge >= 0.3 is 0 Å². The van der Waals surface area contributed by atoms with Crippen molar-refractivity contribution in [3.05, 3.63) is 24.0 Å². The molecule has 0 fully saturated rings. The van der Waals surface area contributed by atoms with Crippen molar-refractivity contribution in [2.75, 3.05) is 0 Å². The number of aliphatic imine (C=N–C) groups is 4. The molecule has 5 nitrogen and oxygen atoms in total. The van der Waals surface area contributed by atoms with Gasteiger partial charge in [-0.05, 0) is 18.6 Å². The van der Waals surface area contributed by atoms with Crippen LogP contribution in [-0.2, 0) is 0 Å². The summed E-state index contributed by atoms with van der Waals surface area (Å²) < 4.78 is 0. The maximum Gasteiger partial charge on any atom is 0.240 e. The van der Waals surface area contributed by atoms with E-state index in [4.69, 9.17) is 0 Å². The maximum absolute atomic E-state index is 4.67. The van der Waals surface area contributed by atoms with E-state index >= 15 is 0 Å². The van der Waals surface area contributed by atoms with Crippen molar-refractivity contribution >= 4 is 23.5 Å². The zero-order valence-electron chi connectivity index (χ0n) is 13.1. The highest BCUT2D eigenvalue weighted by Crippen LogP contribution is 2.28. The summed E-state index contributed by atoms with van der Waals surface area (Å²) >= 11 is 0. The minimum Gasteiger partial charge on any atom is -0.246 e. The van der Waals surface area contributed by atoms with Crippen LogP contribution in [0.25, 0.3) is 0 Å². The summed E-state index contributed by atoms with van der Waals surface area (Å²) in [6.07, 6.45) is 9.07. The van der Waals surface area contributed by atoms with Crippen molar-refractivity contribution in [2.45, 2.75) is 47.0 Å². The molecule has 0 saturated heterocycles. The van der Waals surface area contributed by atoms with Gasteiger partial charge in [0.05, 0.1) is 0 Å². The lowest BCUT2D eigenvalue weighted by atomic mass is 9.95. The molecule has 0 saturated carbocycles. The fourth-order valence-corrected chi connectivity index (χ4v) is 2.27. The second kappa shape index (κ2) is 5.06. The molecule has 0 radical (unpaired) electrons. The van der Waals surface area contributed by atoms with Crippen LogP contribution in [0.5, 0.6) is 0 Å². The smallest absolute Gasteiger partial charge is 0.240 e. The highest BCUT2D eigenvalue weighted by Gasteiger charge is 2.33. The van der Waals surface area contributed by atoms with Gasteiger partial charge in [-0.2, -0.15) is 9.98 Å². The van der Waals surface area contributed by atoms with E-state index in [9.17, 15) is 0 Å². The molecule has 21 heavy (non-hydrogen) atoms. The highest BCUT2D eigenvalue weighted by molar-refractivity contribution is 6.21. The Labute approximate surface area is 125 Å². The lowest BCUT2D eigenvalue weighted by Gasteiger charge is -2.33. The van der Waals surface area contributed by atoms with Gasteiger partial charge in [0.15, 0.2) is 0 Å². The molecule has 110 valence electrons. The lowest BCUT2D eigenvalue weighted by Crippen LogP contribution is -2.42. The fraction of sp³-hybridized carbons (Fsp3) is 0.500. The Morgan fingerprint density at radius 2 is 1.90 bits per heavy atom. The molecule has 5 heteroatoms. The van der Waals surface area contributed by atoms with E-state index < -0.39 is 0 Å². The molecule has 0 atom stereocenters. The quantitative estimate of drug-likeness (QED) is 0.782. The Balaban J connectivity index is 2.03. The number of rotatable bonds is 3. The van der Waals surface area contributed by atoms with E-state index in [0.717, 1.165) is 42.6 Å². The third kappa shape index (κ3) is 2.60. The van der Waals surface area contributed by atoms with Crippen LogP contribution in [0.15, 0.2) is 44.0 Å². The monoisotopic (exact) mass is 283 g/mol. The second-order valence-corrected chi connectivity index (χ2v) is 6.42. The Hall–Kier alpha value is -2.04. The van der Waals surface area contributed by atoms with Crippen LogP contribution >= 0.6 is 0 Å². The molecule has 0 bridgehead atoms. The molecule has 3 aliphatic heterocycles. The van der Waals surface area contributed by atoms with Crippen LogP contribution < -0.4 is 0 Å². The predicted molar refractivity (Wildman–Crippen MR) is 87.8 cm³/mol. The second-order valence-electron chi connectivity index (χ2n) is 6.42. The minimum absolute atomic E-state index is 0.102. The van der Waals surface area contributed by atoms with Crippen LogP contribution in [0, 0.1) is 5.41 Å². The molecular weight excluding hydrogens is 262 g/mol. The summed E-state index contributed by atoms with van der Waals surface area (Å²) in [6, 6.07) is 0. The van der Waals surface area contributed by atoms with Crippen molar-refractivity contribution in [1.82, 2.24) is 4.90 Å². The topological polar surface area (TPSA) is 52.7 Å². The molecular formula is C16H21N5. The first-order valence-corrected chi connectivity index (χ1v) is 7.51. The van der Waals surface area contributed by atoms with Crippen LogP contribution in [0.1, 0.15) is 47.0 Å². The standard InChI is InChI=1S/C16H21N5/c1-5-6-8-11-17-12-9-7-10-13-19-14(16(2,3)4)20-15(18-11)21(12)13/h7,9-10H,5-6,8H2,1-4H3. The summed E-state index contributed by atoms with van der Waals surface area (Å²) in [5, 5.41) is 0. The van der Waals surface area contributed by atoms with E-state index in [-0.39, 0.29) is 5.41 Å². The van der Waals surface area contributed by atoms with Gasteiger partial charge in [0.2, 0.25) is 5.96 Å². The Morgan fingerprint density at radius 1 is 1.10 bits per heavy atom. The molecule has 3 rings (SSSR count). The molecule has 0 aromatic heterocycles. The number of guanidine groups is 1. The van der Waals surface area contributed by atoms with Gasteiger partial charge in [-0.3, -0.25) is 0 Å². The van der Waals surface area contributed by atoms with Crippen LogP contribution in [0.2, 0.25) is 0 Å². The molecule has 3 heterocycles. The van der Waals surface area contributed by atoms with Gasteiger partial charge in [0, 0.05) is 11.8 Å². The van der Waals surface area contributed by atoms with E-state index in [2.05, 4.69) is 47.7 Å². The first-order valence-electron chi connectivity index (χ1n) is 7.51. The molecule has 0 unspecified atom stereocenters. The van der Waals surface area contributed by atoms with Gasteiger partial charge < -0.3 is 0 Å². The number of hydrogen-bond acceptors (Lipinski definition) is 5. The number of unbranched alkanes of at least 4 members (excludes halogenated alkanes) is 1. The van der Waals surface area contributed by atoms with Crippen LogP contribution in [0.4, 0.5) is 0 Å². The van der Waals surface area contributed by atoms with Crippen LogP contribution in [-0.4, -0.2) is 28.4 Å². The van der Waals surface area contributed by atoms with E-state index in [1.54, 1.807) is 0 Å². The van der Waals surface area contributed by atoms with Crippen molar-refractivity contribution in [1.29, 1.82) is 0 Å². The Bertz CT molecular complexity index is 638. The highest BCUT2D eigenvalue weighted by atomic mass is 15.4. The number of amidine groups is 3. The molecule has 0 aromatic rings. The van der Waals surface area contributed by atoms with Crippen molar-refractivity contribution in [3.63, 3.8) is 0 Å². The minimum atomic E-state index is -0.102. The molecule has 0 aromatic carbocycles. The summed E-state index contributed by atoms with van der Waals surface area (Å²) in [5.41, 5.74) is -0.102. The summed E-state index contributed by atoms with van der Waals surface area (Å²) in [6.45, 7) is 8.52. The number of nitrogens with zero attached hydrogens (tertiary/aromatic N) is 5.